The van der Waals surface area contributed by atoms with Crippen molar-refractivity contribution >= 4 is 0 Å². The molecular formula is C18H26N4O. The van der Waals surface area contributed by atoms with E-state index in [2.05, 4.69) is 43.1 Å². The first-order valence-electron chi connectivity index (χ1n) is 8.41. The van der Waals surface area contributed by atoms with E-state index in [9.17, 15) is 0 Å². The number of methoxy groups -OCH3 is 1. The maximum atomic E-state index is 5.24. The predicted octanol–water partition coefficient (Wildman–Crippen LogP) is 3.27. The number of hydrogen-bond acceptors (Lipinski definition) is 4. The third kappa shape index (κ3) is 3.62. The van der Waals surface area contributed by atoms with Gasteiger partial charge >= 0.3 is 0 Å². The van der Waals surface area contributed by atoms with Crippen LogP contribution in [0.5, 0.6) is 0 Å². The Morgan fingerprint density at radius 2 is 2.13 bits per heavy atom. The van der Waals surface area contributed by atoms with Crippen LogP contribution in [0.15, 0.2) is 24.3 Å². The van der Waals surface area contributed by atoms with Gasteiger partial charge in [-0.25, -0.2) is 9.67 Å². The second-order valence-corrected chi connectivity index (χ2v) is 6.42. The highest BCUT2D eigenvalue weighted by Gasteiger charge is 2.26. The van der Waals surface area contributed by atoms with Crippen molar-refractivity contribution in [2.75, 3.05) is 20.7 Å². The van der Waals surface area contributed by atoms with Crippen molar-refractivity contribution in [2.45, 2.75) is 45.3 Å². The van der Waals surface area contributed by atoms with Crippen LogP contribution in [-0.4, -0.2) is 40.4 Å². The maximum Gasteiger partial charge on any atom is 0.177 e. The number of rotatable bonds is 4. The van der Waals surface area contributed by atoms with Gasteiger partial charge in [0.15, 0.2) is 5.82 Å². The zero-order valence-electron chi connectivity index (χ0n) is 14.3. The van der Waals surface area contributed by atoms with Crippen LogP contribution in [0.4, 0.5) is 0 Å². The van der Waals surface area contributed by atoms with Crippen molar-refractivity contribution in [2.24, 2.45) is 0 Å². The summed E-state index contributed by atoms with van der Waals surface area (Å²) in [7, 11) is 3.88. The Kier molecular flexibility index (Phi) is 5.08. The molecule has 1 aromatic heterocycles. The van der Waals surface area contributed by atoms with Crippen LogP contribution >= 0.6 is 0 Å². The minimum atomic E-state index is 0.316. The highest BCUT2D eigenvalue weighted by atomic mass is 16.5. The average Bonchev–Trinajstić information content (AvgIpc) is 2.82. The second-order valence-electron chi connectivity index (χ2n) is 6.42. The Labute approximate surface area is 138 Å². The SMILES string of the molecule is COCc1nc([C@@H]2CCCCCN2C)n(-c2cccc(C)c2)n1. The molecule has 0 spiro atoms. The molecule has 2 aromatic rings. The van der Waals surface area contributed by atoms with Gasteiger partial charge in [0.05, 0.1) is 11.7 Å². The van der Waals surface area contributed by atoms with Crippen molar-refractivity contribution < 1.29 is 4.74 Å². The largest absolute Gasteiger partial charge is 0.377 e. The Hall–Kier alpha value is -1.72. The number of hydrogen-bond donors (Lipinski definition) is 0. The number of aryl methyl sites for hydroxylation is 1. The summed E-state index contributed by atoms with van der Waals surface area (Å²) in [5.41, 5.74) is 2.30. The van der Waals surface area contributed by atoms with Crippen LogP contribution in [0.3, 0.4) is 0 Å². The maximum absolute atomic E-state index is 5.24. The molecule has 5 heteroatoms. The molecule has 5 nitrogen and oxygen atoms in total. The number of likely N-dealkylation sites (tertiary alicyclic amines) is 1. The zero-order valence-corrected chi connectivity index (χ0v) is 14.3. The highest BCUT2D eigenvalue weighted by Crippen LogP contribution is 2.29. The standard InChI is InChI=1S/C18H26N4O/c1-14-8-7-9-15(12-14)22-18(19-17(20-22)13-23-3)16-10-5-4-6-11-21(16)2/h7-9,12,16H,4-6,10-11,13H2,1-3H3/t16-/m0/s1. The fourth-order valence-electron chi connectivity index (χ4n) is 3.30. The van der Waals surface area contributed by atoms with E-state index in [1.54, 1.807) is 7.11 Å². The highest BCUT2D eigenvalue weighted by molar-refractivity contribution is 5.35. The fourth-order valence-corrected chi connectivity index (χ4v) is 3.30. The molecule has 124 valence electrons. The van der Waals surface area contributed by atoms with Gasteiger partial charge in [-0.15, -0.1) is 5.10 Å². The third-order valence-electron chi connectivity index (χ3n) is 4.51. The van der Waals surface area contributed by atoms with Crippen molar-refractivity contribution in [1.82, 2.24) is 19.7 Å². The summed E-state index contributed by atoms with van der Waals surface area (Å²) in [6, 6.07) is 8.75. The van der Waals surface area contributed by atoms with Crippen molar-refractivity contribution in [1.29, 1.82) is 0 Å². The molecule has 2 heterocycles. The molecule has 0 bridgehead atoms. The van der Waals surface area contributed by atoms with Crippen LogP contribution in [0.2, 0.25) is 0 Å². The van der Waals surface area contributed by atoms with E-state index in [4.69, 9.17) is 14.8 Å². The Bertz CT molecular complexity index is 652. The Balaban J connectivity index is 2.03. The lowest BCUT2D eigenvalue weighted by Gasteiger charge is -2.25. The number of benzene rings is 1. The van der Waals surface area contributed by atoms with Gasteiger partial charge in [0, 0.05) is 7.11 Å². The van der Waals surface area contributed by atoms with Gasteiger partial charge in [-0.1, -0.05) is 25.0 Å². The Morgan fingerprint density at radius 1 is 1.26 bits per heavy atom. The monoisotopic (exact) mass is 314 g/mol. The van der Waals surface area contributed by atoms with Gasteiger partial charge in [0.2, 0.25) is 0 Å². The van der Waals surface area contributed by atoms with E-state index in [1.165, 1.54) is 24.8 Å². The van der Waals surface area contributed by atoms with Crippen LogP contribution in [0.25, 0.3) is 5.69 Å². The van der Waals surface area contributed by atoms with Gasteiger partial charge < -0.3 is 4.74 Å². The van der Waals surface area contributed by atoms with E-state index in [0.717, 1.165) is 30.3 Å². The molecule has 0 unspecified atom stereocenters. The van der Waals surface area contributed by atoms with Gasteiger partial charge in [0.1, 0.15) is 12.4 Å². The molecule has 23 heavy (non-hydrogen) atoms. The minimum absolute atomic E-state index is 0.316. The number of ether oxygens (including phenoxy) is 1. The summed E-state index contributed by atoms with van der Waals surface area (Å²) in [6.07, 6.45) is 4.93. The lowest BCUT2D eigenvalue weighted by Crippen LogP contribution is -2.26. The minimum Gasteiger partial charge on any atom is -0.377 e. The molecule has 3 rings (SSSR count). The van der Waals surface area contributed by atoms with E-state index in [0.29, 0.717) is 12.6 Å². The molecule has 1 aliphatic heterocycles. The van der Waals surface area contributed by atoms with Gasteiger partial charge in [-0.3, -0.25) is 4.90 Å². The summed E-state index contributed by atoms with van der Waals surface area (Å²) in [4.78, 5) is 7.22. The molecule has 0 aliphatic carbocycles. The van der Waals surface area contributed by atoms with Crippen molar-refractivity contribution in [3.63, 3.8) is 0 Å². The molecule has 1 aliphatic rings. The molecule has 0 N–H and O–H groups in total. The van der Waals surface area contributed by atoms with E-state index >= 15 is 0 Å². The first-order chi connectivity index (χ1) is 11.2. The molecule has 1 aromatic carbocycles. The Morgan fingerprint density at radius 3 is 2.91 bits per heavy atom. The summed E-state index contributed by atoms with van der Waals surface area (Å²) in [6.45, 7) is 3.67. The first kappa shape index (κ1) is 16.1. The summed E-state index contributed by atoms with van der Waals surface area (Å²) in [5, 5.41) is 4.71. The van der Waals surface area contributed by atoms with E-state index in [-0.39, 0.29) is 0 Å². The van der Waals surface area contributed by atoms with Crippen LogP contribution < -0.4 is 0 Å². The molecule has 0 amide bonds. The molecule has 1 saturated heterocycles. The summed E-state index contributed by atoms with van der Waals surface area (Å²) in [5.74, 6) is 1.79. The predicted molar refractivity (Wildman–Crippen MR) is 90.6 cm³/mol. The van der Waals surface area contributed by atoms with E-state index in [1.807, 2.05) is 4.68 Å². The normalized spacial score (nSPS) is 19.7. The lowest BCUT2D eigenvalue weighted by atomic mass is 10.1. The lowest BCUT2D eigenvalue weighted by molar-refractivity contribution is 0.177. The molecule has 1 fully saturated rings. The zero-order chi connectivity index (χ0) is 16.2. The molecule has 0 radical (unpaired) electrons. The van der Waals surface area contributed by atoms with Gasteiger partial charge in [0.25, 0.3) is 0 Å². The third-order valence-corrected chi connectivity index (χ3v) is 4.51. The summed E-state index contributed by atoms with van der Waals surface area (Å²) < 4.78 is 7.25. The second kappa shape index (κ2) is 7.23. The van der Waals surface area contributed by atoms with Crippen LogP contribution in [0.1, 0.15) is 48.9 Å². The molecule has 1 atom stereocenters. The first-order valence-corrected chi connectivity index (χ1v) is 8.41. The van der Waals surface area contributed by atoms with Crippen molar-refractivity contribution in [3.8, 4) is 5.69 Å². The molecule has 0 saturated carbocycles. The van der Waals surface area contributed by atoms with E-state index < -0.39 is 0 Å². The van der Waals surface area contributed by atoms with Crippen LogP contribution in [-0.2, 0) is 11.3 Å². The van der Waals surface area contributed by atoms with Gasteiger partial charge in [-0.05, 0) is 51.1 Å². The van der Waals surface area contributed by atoms with Gasteiger partial charge in [-0.2, -0.15) is 0 Å². The summed E-state index contributed by atoms with van der Waals surface area (Å²) >= 11 is 0. The fraction of sp³-hybridized carbons (Fsp3) is 0.556. The molecular weight excluding hydrogens is 288 g/mol. The quantitative estimate of drug-likeness (QED) is 0.869. The number of aromatic nitrogens is 3. The van der Waals surface area contributed by atoms with Crippen molar-refractivity contribution in [3.05, 3.63) is 41.5 Å². The smallest absolute Gasteiger partial charge is 0.177 e. The average molecular weight is 314 g/mol. The van der Waals surface area contributed by atoms with Crippen LogP contribution in [0, 0.1) is 6.92 Å². The number of nitrogens with zero attached hydrogens (tertiary/aromatic N) is 4. The topological polar surface area (TPSA) is 43.2 Å².